The molecule has 244 valence electrons. The van der Waals surface area contributed by atoms with E-state index in [0.717, 1.165) is 90.3 Å². The molecule has 4 aromatic carbocycles. The number of benzene rings is 4. The lowest BCUT2D eigenvalue weighted by atomic mass is 9.94. The zero-order chi connectivity index (χ0) is 35.9. The van der Waals surface area contributed by atoms with Crippen LogP contribution in [0.4, 0.5) is 0 Å². The Hall–Kier alpha value is -7.31. The predicted molar refractivity (Wildman–Crippen MR) is 209 cm³/mol. The first-order valence-electron chi connectivity index (χ1n) is 17.1. The lowest BCUT2D eigenvalue weighted by molar-refractivity contribution is 0.871. The molecular weight excluding hydrogens is 635 g/mol. The van der Waals surface area contributed by atoms with Crippen molar-refractivity contribution in [2.45, 2.75) is 26.2 Å². The van der Waals surface area contributed by atoms with E-state index in [9.17, 15) is 15.8 Å². The van der Waals surface area contributed by atoms with Crippen LogP contribution in [0.2, 0.25) is 0 Å². The number of aromatic nitrogens is 2. The summed E-state index contributed by atoms with van der Waals surface area (Å²) in [4.78, 5) is 0. The number of rotatable bonds is 5. The van der Waals surface area contributed by atoms with Crippen LogP contribution in [-0.4, -0.2) is 9.13 Å². The van der Waals surface area contributed by atoms with Crippen LogP contribution >= 0.6 is 0 Å². The molecule has 0 fully saturated rings. The number of allylic oxidation sites excluding steroid dienone is 4. The van der Waals surface area contributed by atoms with E-state index in [-0.39, 0.29) is 0 Å². The number of terminal acetylenes is 1. The quantitative estimate of drug-likeness (QED) is 0.172. The second kappa shape index (κ2) is 12.9. The molecule has 6 aromatic rings. The SMILES string of the molecule is C#C/C=C\c1c2c(n(-c3ccccc3-c3cc(C#N)cc(-c4cccc(-n5c6c(c7cccc(C#N)c75)C=C(C#N)CC6)c4)c3)c1C)C=CC(=C)C2. The summed E-state index contributed by atoms with van der Waals surface area (Å²) in [5.41, 5.74) is 15.9. The Balaban J connectivity index is 1.30. The van der Waals surface area contributed by atoms with Gasteiger partial charge >= 0.3 is 0 Å². The van der Waals surface area contributed by atoms with Crippen molar-refractivity contribution < 1.29 is 0 Å². The van der Waals surface area contributed by atoms with Gasteiger partial charge in [0.15, 0.2) is 0 Å². The van der Waals surface area contributed by atoms with Crippen LogP contribution in [0.25, 0.3) is 62.8 Å². The minimum absolute atomic E-state index is 0.553. The maximum Gasteiger partial charge on any atom is 0.101 e. The van der Waals surface area contributed by atoms with Gasteiger partial charge in [0.2, 0.25) is 0 Å². The van der Waals surface area contributed by atoms with E-state index in [2.05, 4.69) is 95.3 Å². The molecule has 0 saturated heterocycles. The molecule has 5 heteroatoms. The van der Waals surface area contributed by atoms with Crippen LogP contribution in [0.1, 0.15) is 51.3 Å². The topological polar surface area (TPSA) is 81.2 Å². The number of nitriles is 3. The third kappa shape index (κ3) is 5.18. The molecule has 0 radical (unpaired) electrons. The van der Waals surface area contributed by atoms with Gasteiger partial charge in [-0.2, -0.15) is 15.8 Å². The molecule has 52 heavy (non-hydrogen) atoms. The Morgan fingerprint density at radius 1 is 0.808 bits per heavy atom. The van der Waals surface area contributed by atoms with Gasteiger partial charge in [-0.3, -0.25) is 0 Å². The van der Waals surface area contributed by atoms with E-state index in [1.54, 1.807) is 6.08 Å². The standard InChI is InChI=1S/C47H31N5/c1-4-5-13-39-31(3)51(45-19-17-30(2)21-42(39)45)44-16-7-6-14-40(44)37-23-33(28-49)22-36(25-37)34-10-8-12-38(26-34)52-46-20-18-32(27-48)24-43(46)41-15-9-11-35(29-50)47(41)52/h1,5-17,19,22-26H,2,18,20-21H2,3H3/b13-5-. The van der Waals surface area contributed by atoms with Gasteiger partial charge in [0.1, 0.15) is 6.07 Å². The Kier molecular flexibility index (Phi) is 7.90. The van der Waals surface area contributed by atoms with E-state index in [1.807, 2.05) is 60.7 Å². The lowest BCUT2D eigenvalue weighted by Crippen LogP contribution is -2.05. The van der Waals surface area contributed by atoms with Gasteiger partial charge in [0.25, 0.3) is 0 Å². The predicted octanol–water partition coefficient (Wildman–Crippen LogP) is 10.4. The lowest BCUT2D eigenvalue weighted by Gasteiger charge is -2.18. The highest BCUT2D eigenvalue weighted by molar-refractivity contribution is 5.97. The Bertz CT molecular complexity index is 2780. The van der Waals surface area contributed by atoms with E-state index >= 15 is 0 Å². The summed E-state index contributed by atoms with van der Waals surface area (Å²) < 4.78 is 4.45. The Morgan fingerprint density at radius 3 is 2.44 bits per heavy atom. The van der Waals surface area contributed by atoms with Crippen molar-refractivity contribution in [1.29, 1.82) is 15.8 Å². The van der Waals surface area contributed by atoms with Gasteiger partial charge in [0.05, 0.1) is 40.2 Å². The minimum Gasteiger partial charge on any atom is -0.313 e. The average molecular weight is 666 g/mol. The molecule has 2 aliphatic rings. The third-order valence-electron chi connectivity index (χ3n) is 10.1. The Morgan fingerprint density at radius 2 is 1.63 bits per heavy atom. The second-order valence-corrected chi connectivity index (χ2v) is 13.1. The van der Waals surface area contributed by atoms with Gasteiger partial charge < -0.3 is 9.13 Å². The van der Waals surface area contributed by atoms with Crippen LogP contribution in [0.15, 0.2) is 115 Å². The van der Waals surface area contributed by atoms with Crippen molar-refractivity contribution in [3.8, 4) is 64.2 Å². The highest BCUT2D eigenvalue weighted by Crippen LogP contribution is 2.40. The normalized spacial score (nSPS) is 13.2. The summed E-state index contributed by atoms with van der Waals surface area (Å²) in [7, 11) is 0. The molecule has 0 N–H and O–H groups in total. The van der Waals surface area contributed by atoms with E-state index in [0.29, 0.717) is 24.0 Å². The molecule has 0 aliphatic heterocycles. The van der Waals surface area contributed by atoms with Crippen molar-refractivity contribution in [2.24, 2.45) is 0 Å². The molecule has 0 spiro atoms. The average Bonchev–Trinajstić information content (AvgIpc) is 3.66. The molecule has 8 rings (SSSR count). The molecule has 0 bridgehead atoms. The van der Waals surface area contributed by atoms with Crippen LogP contribution in [0, 0.1) is 53.3 Å². The fourth-order valence-corrected chi connectivity index (χ4v) is 7.83. The molecule has 0 saturated carbocycles. The first-order valence-corrected chi connectivity index (χ1v) is 17.1. The summed E-state index contributed by atoms with van der Waals surface area (Å²) in [6.07, 6.45) is 17.6. The van der Waals surface area contributed by atoms with Crippen LogP contribution < -0.4 is 0 Å². The van der Waals surface area contributed by atoms with Gasteiger partial charge in [-0.1, -0.05) is 66.6 Å². The van der Waals surface area contributed by atoms with Crippen molar-refractivity contribution in [3.05, 3.63) is 160 Å². The second-order valence-electron chi connectivity index (χ2n) is 13.1. The molecule has 2 aromatic heterocycles. The third-order valence-corrected chi connectivity index (χ3v) is 10.1. The number of fused-ring (bicyclic) bond motifs is 4. The highest BCUT2D eigenvalue weighted by atomic mass is 15.0. The first-order chi connectivity index (χ1) is 25.4. The van der Waals surface area contributed by atoms with Crippen molar-refractivity contribution >= 4 is 29.1 Å². The van der Waals surface area contributed by atoms with Crippen molar-refractivity contribution in [1.82, 2.24) is 9.13 Å². The van der Waals surface area contributed by atoms with Gasteiger partial charge in [-0.05, 0) is 115 Å². The molecular formula is C47H31N5. The Labute approximate surface area is 303 Å². The smallest absolute Gasteiger partial charge is 0.101 e. The fraction of sp³-hybridized carbons (Fsp3) is 0.0851. The van der Waals surface area contributed by atoms with Crippen molar-refractivity contribution in [2.75, 3.05) is 0 Å². The molecule has 0 amide bonds. The number of hydrogen-bond donors (Lipinski definition) is 0. The number of hydrogen-bond acceptors (Lipinski definition) is 3. The van der Waals surface area contributed by atoms with Crippen LogP contribution in [-0.2, 0) is 12.8 Å². The summed E-state index contributed by atoms with van der Waals surface area (Å²) in [6.45, 7) is 6.34. The maximum absolute atomic E-state index is 10.3. The van der Waals surface area contributed by atoms with Gasteiger partial charge in [-0.15, -0.1) is 6.42 Å². The van der Waals surface area contributed by atoms with E-state index < -0.39 is 0 Å². The largest absolute Gasteiger partial charge is 0.313 e. The monoisotopic (exact) mass is 665 g/mol. The zero-order valence-corrected chi connectivity index (χ0v) is 28.6. The first kappa shape index (κ1) is 31.9. The maximum atomic E-state index is 10.3. The number of nitrogens with zero attached hydrogens (tertiary/aromatic N) is 5. The van der Waals surface area contributed by atoms with E-state index in [1.165, 1.54) is 5.56 Å². The van der Waals surface area contributed by atoms with Crippen LogP contribution in [0.5, 0.6) is 0 Å². The molecule has 5 nitrogen and oxygen atoms in total. The highest BCUT2D eigenvalue weighted by Gasteiger charge is 2.25. The van der Waals surface area contributed by atoms with E-state index in [4.69, 9.17) is 6.42 Å². The summed E-state index contributed by atoms with van der Waals surface area (Å²) >= 11 is 0. The summed E-state index contributed by atoms with van der Waals surface area (Å²) in [5, 5.41) is 31.1. The van der Waals surface area contributed by atoms with Crippen LogP contribution in [0.3, 0.4) is 0 Å². The molecule has 2 aliphatic carbocycles. The van der Waals surface area contributed by atoms with Gasteiger partial charge in [0, 0.05) is 44.7 Å². The van der Waals surface area contributed by atoms with Gasteiger partial charge in [-0.25, -0.2) is 0 Å². The molecule has 0 atom stereocenters. The molecule has 2 heterocycles. The fourth-order valence-electron chi connectivity index (χ4n) is 7.83. The van der Waals surface area contributed by atoms with Crippen molar-refractivity contribution in [3.63, 3.8) is 0 Å². The summed E-state index contributed by atoms with van der Waals surface area (Å²) in [6, 6.07) is 35.4. The minimum atomic E-state index is 0.553. The summed E-state index contributed by atoms with van der Waals surface area (Å²) in [5.74, 6) is 2.64. The molecule has 0 unspecified atom stereocenters. The number of para-hydroxylation sites is 2. The zero-order valence-electron chi connectivity index (χ0n) is 28.6.